The fraction of sp³-hybridized carbons (Fsp3) is 0.211. The second kappa shape index (κ2) is 5.60. The van der Waals surface area contributed by atoms with Crippen LogP contribution in [0.3, 0.4) is 0 Å². The summed E-state index contributed by atoms with van der Waals surface area (Å²) in [5.41, 5.74) is 14.1. The third-order valence-corrected chi connectivity index (χ3v) is 4.84. The van der Waals surface area contributed by atoms with Gasteiger partial charge in [0.1, 0.15) is 5.82 Å². The Morgan fingerprint density at radius 1 is 1.20 bits per heavy atom. The number of fused-ring (bicyclic) bond motifs is 1. The molecule has 2 heterocycles. The van der Waals surface area contributed by atoms with E-state index < -0.39 is 11.4 Å². The minimum atomic E-state index is -0.566. The van der Waals surface area contributed by atoms with E-state index in [0.29, 0.717) is 33.4 Å². The van der Waals surface area contributed by atoms with Gasteiger partial charge >= 0.3 is 0 Å². The summed E-state index contributed by atoms with van der Waals surface area (Å²) >= 11 is 0. The fourth-order valence-electron chi connectivity index (χ4n) is 3.28. The highest BCUT2D eigenvalue weighted by Gasteiger charge is 2.38. The number of nitrogens with two attached hydrogens (primary N) is 2. The zero-order valence-corrected chi connectivity index (χ0v) is 13.5. The van der Waals surface area contributed by atoms with Crippen molar-refractivity contribution in [2.75, 3.05) is 0 Å². The third-order valence-electron chi connectivity index (χ3n) is 4.84. The molecule has 0 spiro atoms. The van der Waals surface area contributed by atoms with Crippen LogP contribution < -0.4 is 11.5 Å². The van der Waals surface area contributed by atoms with Crippen molar-refractivity contribution < 1.29 is 9.18 Å². The van der Waals surface area contributed by atoms with Gasteiger partial charge in [0.2, 0.25) is 0 Å². The van der Waals surface area contributed by atoms with Crippen LogP contribution in [0.4, 0.5) is 4.39 Å². The summed E-state index contributed by atoms with van der Waals surface area (Å²) in [5, 5.41) is 0.620. The summed E-state index contributed by atoms with van der Waals surface area (Å²) in [6, 6.07) is 9.73. The van der Waals surface area contributed by atoms with Crippen molar-refractivity contribution in [1.29, 1.82) is 0 Å². The van der Waals surface area contributed by atoms with Crippen molar-refractivity contribution in [1.82, 2.24) is 9.97 Å². The zero-order valence-electron chi connectivity index (χ0n) is 13.5. The number of primary amides is 1. The van der Waals surface area contributed by atoms with Crippen LogP contribution in [0.15, 0.2) is 42.6 Å². The predicted molar refractivity (Wildman–Crippen MR) is 93.2 cm³/mol. The summed E-state index contributed by atoms with van der Waals surface area (Å²) in [4.78, 5) is 20.8. The molecule has 25 heavy (non-hydrogen) atoms. The zero-order chi connectivity index (χ0) is 17.6. The molecule has 126 valence electrons. The molecule has 4 N–H and O–H groups in total. The van der Waals surface area contributed by atoms with Crippen molar-refractivity contribution >= 4 is 16.8 Å². The molecule has 1 aromatic carbocycles. The van der Waals surface area contributed by atoms with Crippen molar-refractivity contribution in [3.63, 3.8) is 0 Å². The predicted octanol–water partition coefficient (Wildman–Crippen LogP) is 2.87. The number of hydrogen-bond donors (Lipinski definition) is 2. The lowest BCUT2D eigenvalue weighted by Gasteiger charge is -2.37. The van der Waals surface area contributed by atoms with Crippen LogP contribution in [0, 0.1) is 5.82 Å². The monoisotopic (exact) mass is 336 g/mol. The van der Waals surface area contributed by atoms with Gasteiger partial charge in [-0.15, -0.1) is 0 Å². The van der Waals surface area contributed by atoms with Gasteiger partial charge in [0.05, 0.1) is 28.0 Å². The SMILES string of the molecule is NC(=O)c1cnc(C2(N)CCC2)c2nc(-c3cccc(F)c3)ccc12. The van der Waals surface area contributed by atoms with Gasteiger partial charge in [0.15, 0.2) is 0 Å². The van der Waals surface area contributed by atoms with E-state index >= 15 is 0 Å². The van der Waals surface area contributed by atoms with Crippen molar-refractivity contribution in [2.24, 2.45) is 11.5 Å². The molecule has 0 saturated heterocycles. The molecule has 2 aromatic heterocycles. The van der Waals surface area contributed by atoms with E-state index in [1.165, 1.54) is 18.3 Å². The molecule has 1 saturated carbocycles. The molecular weight excluding hydrogens is 319 g/mol. The Bertz CT molecular complexity index is 998. The molecule has 1 amide bonds. The first-order chi connectivity index (χ1) is 12.0. The highest BCUT2D eigenvalue weighted by Crippen LogP contribution is 2.40. The summed E-state index contributed by atoms with van der Waals surface area (Å²) in [7, 11) is 0. The van der Waals surface area contributed by atoms with Gasteiger partial charge < -0.3 is 11.5 Å². The molecule has 1 aliphatic rings. The molecule has 0 radical (unpaired) electrons. The average molecular weight is 336 g/mol. The number of hydrogen-bond acceptors (Lipinski definition) is 4. The van der Waals surface area contributed by atoms with Crippen LogP contribution in [0.5, 0.6) is 0 Å². The standard InChI is InChI=1S/C19H17FN4O/c20-12-4-1-3-11(9-12)15-6-5-13-14(18(21)25)10-23-17(16(13)24-15)19(22)7-2-8-19/h1,3-6,9-10H,2,7-8,22H2,(H2,21,25). The minimum absolute atomic E-state index is 0.306. The maximum Gasteiger partial charge on any atom is 0.250 e. The number of pyridine rings is 2. The van der Waals surface area contributed by atoms with Crippen LogP contribution in [-0.4, -0.2) is 15.9 Å². The number of carbonyl (C=O) groups is 1. The highest BCUT2D eigenvalue weighted by molar-refractivity contribution is 6.06. The van der Waals surface area contributed by atoms with Crippen LogP contribution >= 0.6 is 0 Å². The summed E-state index contributed by atoms with van der Waals surface area (Å²) < 4.78 is 13.5. The Kier molecular flexibility index (Phi) is 3.51. The first kappa shape index (κ1) is 15.7. The number of halogens is 1. The van der Waals surface area contributed by atoms with E-state index in [1.807, 2.05) is 0 Å². The smallest absolute Gasteiger partial charge is 0.250 e. The molecule has 4 rings (SSSR count). The number of rotatable bonds is 3. The Labute approximate surface area is 143 Å². The van der Waals surface area contributed by atoms with E-state index in [9.17, 15) is 9.18 Å². The summed E-state index contributed by atoms with van der Waals surface area (Å²) in [5.74, 6) is -0.901. The summed E-state index contributed by atoms with van der Waals surface area (Å²) in [6.07, 6.45) is 4.13. The van der Waals surface area contributed by atoms with Gasteiger partial charge in [0, 0.05) is 17.1 Å². The van der Waals surface area contributed by atoms with Crippen LogP contribution in [0.2, 0.25) is 0 Å². The molecule has 0 unspecified atom stereocenters. The largest absolute Gasteiger partial charge is 0.366 e. The highest BCUT2D eigenvalue weighted by atomic mass is 19.1. The lowest BCUT2D eigenvalue weighted by molar-refractivity contribution is 0.100. The van der Waals surface area contributed by atoms with Crippen molar-refractivity contribution in [3.05, 3.63) is 59.7 Å². The fourth-order valence-corrected chi connectivity index (χ4v) is 3.28. The Balaban J connectivity index is 1.98. The summed E-state index contributed by atoms with van der Waals surface area (Å²) in [6.45, 7) is 0. The quantitative estimate of drug-likeness (QED) is 0.769. The lowest BCUT2D eigenvalue weighted by atomic mass is 9.74. The second-order valence-electron chi connectivity index (χ2n) is 6.50. The number of amides is 1. The molecule has 0 bridgehead atoms. The number of carbonyl (C=O) groups excluding carboxylic acids is 1. The third kappa shape index (κ3) is 2.55. The molecular formula is C19H17FN4O. The van der Waals surface area contributed by atoms with Gasteiger partial charge in [-0.3, -0.25) is 9.78 Å². The number of aromatic nitrogens is 2. The Morgan fingerprint density at radius 3 is 2.64 bits per heavy atom. The molecule has 1 aliphatic carbocycles. The molecule has 1 fully saturated rings. The number of nitrogens with zero attached hydrogens (tertiary/aromatic N) is 2. The molecule has 0 atom stereocenters. The first-order valence-electron chi connectivity index (χ1n) is 8.13. The van der Waals surface area contributed by atoms with Crippen molar-refractivity contribution in [2.45, 2.75) is 24.8 Å². The lowest BCUT2D eigenvalue weighted by Crippen LogP contribution is -2.44. The van der Waals surface area contributed by atoms with E-state index in [0.717, 1.165) is 19.3 Å². The van der Waals surface area contributed by atoms with E-state index in [4.69, 9.17) is 11.5 Å². The van der Waals surface area contributed by atoms with Gasteiger partial charge in [0.25, 0.3) is 5.91 Å². The van der Waals surface area contributed by atoms with Gasteiger partial charge in [-0.25, -0.2) is 9.37 Å². The van der Waals surface area contributed by atoms with E-state index in [-0.39, 0.29) is 5.82 Å². The van der Waals surface area contributed by atoms with Crippen LogP contribution in [-0.2, 0) is 5.54 Å². The van der Waals surface area contributed by atoms with Crippen LogP contribution in [0.1, 0.15) is 35.3 Å². The first-order valence-corrected chi connectivity index (χ1v) is 8.13. The average Bonchev–Trinajstić information content (AvgIpc) is 2.58. The van der Waals surface area contributed by atoms with E-state index in [1.54, 1.807) is 24.3 Å². The molecule has 0 aliphatic heterocycles. The maximum atomic E-state index is 13.5. The Hall–Kier alpha value is -2.86. The van der Waals surface area contributed by atoms with Crippen molar-refractivity contribution in [3.8, 4) is 11.3 Å². The minimum Gasteiger partial charge on any atom is -0.366 e. The van der Waals surface area contributed by atoms with Crippen LogP contribution in [0.25, 0.3) is 22.2 Å². The molecule has 5 nitrogen and oxygen atoms in total. The van der Waals surface area contributed by atoms with Gasteiger partial charge in [-0.1, -0.05) is 12.1 Å². The normalized spacial score (nSPS) is 15.8. The van der Waals surface area contributed by atoms with Gasteiger partial charge in [-0.05, 0) is 43.5 Å². The molecule has 3 aromatic rings. The number of benzene rings is 1. The second-order valence-corrected chi connectivity index (χ2v) is 6.50. The van der Waals surface area contributed by atoms with E-state index in [2.05, 4.69) is 9.97 Å². The maximum absolute atomic E-state index is 13.5. The Morgan fingerprint density at radius 2 is 2.00 bits per heavy atom. The molecule has 6 heteroatoms. The topological polar surface area (TPSA) is 94.9 Å². The van der Waals surface area contributed by atoms with Gasteiger partial charge in [-0.2, -0.15) is 0 Å².